The smallest absolute Gasteiger partial charge is 0.263 e. The molecule has 1 saturated carbocycles. The van der Waals surface area contributed by atoms with Crippen molar-refractivity contribution in [1.29, 1.82) is 0 Å². The van der Waals surface area contributed by atoms with E-state index in [1.54, 1.807) is 47.0 Å². The normalized spacial score (nSPS) is 19.2. The number of nitrogens with one attached hydrogen (secondary N) is 2. The van der Waals surface area contributed by atoms with Gasteiger partial charge in [-0.1, -0.05) is 18.9 Å². The van der Waals surface area contributed by atoms with Crippen LogP contribution >= 0.6 is 0 Å². The summed E-state index contributed by atoms with van der Waals surface area (Å²) in [6, 6.07) is 11.3. The van der Waals surface area contributed by atoms with Crippen LogP contribution in [0, 0.1) is 6.92 Å². The molecule has 0 spiro atoms. The predicted octanol–water partition coefficient (Wildman–Crippen LogP) is 5.43. The Balaban J connectivity index is 0.793. The number of amides is 5. The first-order valence-corrected chi connectivity index (χ1v) is 21.6. The molecule has 3 aromatic heterocycles. The van der Waals surface area contributed by atoms with Crippen molar-refractivity contribution in [3.05, 3.63) is 104 Å². The first-order chi connectivity index (χ1) is 30.9. The van der Waals surface area contributed by atoms with Crippen LogP contribution in [0.5, 0.6) is 0 Å². The molecule has 0 bridgehead atoms. The zero-order valence-corrected chi connectivity index (χ0v) is 35.2. The minimum Gasteiger partial charge on any atom is -0.367 e. The highest BCUT2D eigenvalue weighted by Gasteiger charge is 2.45. The number of piperazine rings is 1. The number of hydrogen-bond acceptors (Lipinski definition) is 14. The summed E-state index contributed by atoms with van der Waals surface area (Å²) in [6.45, 7) is 5.32. The number of nitrogens with zero attached hydrogens (tertiary/aromatic N) is 9. The zero-order chi connectivity index (χ0) is 44.4. The van der Waals surface area contributed by atoms with Gasteiger partial charge in [0, 0.05) is 55.8 Å². The second-order valence-corrected chi connectivity index (χ2v) is 16.9. The van der Waals surface area contributed by atoms with Crippen LogP contribution in [0.3, 0.4) is 0 Å². The number of carbonyl (C=O) groups is 6. The molecule has 3 fully saturated rings. The van der Waals surface area contributed by atoms with Gasteiger partial charge in [-0.2, -0.15) is 15.2 Å². The van der Waals surface area contributed by atoms with Crippen LogP contribution in [-0.4, -0.2) is 96.9 Å². The fraction of sp³-hybridized carbons (Fsp3) is 0.348. The molecule has 18 heteroatoms. The Bertz CT molecular complexity index is 2950. The number of azo groups is 1. The third kappa shape index (κ3) is 7.07. The molecule has 4 aliphatic heterocycles. The van der Waals surface area contributed by atoms with Gasteiger partial charge in [0.05, 0.1) is 39.9 Å². The van der Waals surface area contributed by atoms with Crippen LogP contribution in [-0.2, 0) is 22.4 Å². The van der Waals surface area contributed by atoms with Crippen molar-refractivity contribution < 1.29 is 28.8 Å². The molecule has 7 heterocycles. The molecule has 5 aromatic rings. The number of ketones is 1. The van der Waals surface area contributed by atoms with E-state index in [4.69, 9.17) is 4.98 Å². The Morgan fingerprint density at radius 3 is 2.20 bits per heavy atom. The summed E-state index contributed by atoms with van der Waals surface area (Å²) < 4.78 is 1.68. The van der Waals surface area contributed by atoms with Gasteiger partial charge in [0.25, 0.3) is 23.3 Å². The molecule has 1 aliphatic carbocycles. The Hall–Kier alpha value is -7.50. The summed E-state index contributed by atoms with van der Waals surface area (Å²) >= 11 is 0. The molecule has 1 atom stereocenters. The number of rotatable bonds is 7. The maximum atomic E-state index is 13.8. The number of fused-ring (bicyclic) bond motifs is 4. The quantitative estimate of drug-likeness (QED) is 0.154. The Morgan fingerprint density at radius 2 is 1.50 bits per heavy atom. The van der Waals surface area contributed by atoms with Crippen LogP contribution in [0.4, 0.5) is 28.8 Å². The van der Waals surface area contributed by atoms with E-state index in [9.17, 15) is 33.6 Å². The number of anilines is 3. The van der Waals surface area contributed by atoms with Gasteiger partial charge in [0.1, 0.15) is 17.5 Å². The average Bonchev–Trinajstić information content (AvgIpc) is 3.90. The van der Waals surface area contributed by atoms with Crippen LogP contribution in [0.15, 0.2) is 69.9 Å². The standard InChI is InChI=1S/C46H43N11O7/c1-24-33-23-48-46(51-40(33)56(29-5-3-4-6-29)45(64)39(24)25(2)58)49-37-13-11-30(22-47-37)54-15-17-55(18-16-54)42(61)28-10-8-26-7-9-27-19-31-32(21-35(27)53-52-34(26)20-28)44(63)57(43(31)62)36-12-14-38(59)50-41(36)60/h8,10-11,13,19-23,29,36H,3-7,9,12,14-18H2,1-2H3,(H,50,59,60)(H,47,48,49,51)/b53-52-. The van der Waals surface area contributed by atoms with Gasteiger partial charge < -0.3 is 15.1 Å². The van der Waals surface area contributed by atoms with E-state index < -0.39 is 29.7 Å². The lowest BCUT2D eigenvalue weighted by Gasteiger charge is -2.36. The van der Waals surface area contributed by atoms with E-state index in [0.717, 1.165) is 47.4 Å². The average molecular weight is 862 g/mol. The largest absolute Gasteiger partial charge is 0.367 e. The molecule has 2 N–H and O–H groups in total. The predicted molar refractivity (Wildman–Crippen MR) is 233 cm³/mol. The van der Waals surface area contributed by atoms with Gasteiger partial charge in [-0.05, 0) is 99.0 Å². The summed E-state index contributed by atoms with van der Waals surface area (Å²) in [6.07, 6.45) is 8.29. The first-order valence-electron chi connectivity index (χ1n) is 21.6. The lowest BCUT2D eigenvalue weighted by atomic mass is 9.96. The second kappa shape index (κ2) is 16.0. The molecular formula is C46H43N11O7. The number of aromatic nitrogens is 4. The molecule has 5 aliphatic rings. The van der Waals surface area contributed by atoms with Gasteiger partial charge in [-0.3, -0.25) is 48.3 Å². The van der Waals surface area contributed by atoms with Crippen molar-refractivity contribution in [2.45, 2.75) is 77.3 Å². The number of Topliss-reactive ketones (excluding diaryl/α,β-unsaturated/α-hetero) is 1. The number of piperidine rings is 1. The van der Waals surface area contributed by atoms with Gasteiger partial charge >= 0.3 is 0 Å². The molecule has 5 amide bonds. The van der Waals surface area contributed by atoms with Gasteiger partial charge in [0.15, 0.2) is 5.78 Å². The minimum atomic E-state index is -1.07. The molecule has 2 aromatic carbocycles. The summed E-state index contributed by atoms with van der Waals surface area (Å²) in [5, 5.41) is 15.0. The molecule has 1 unspecified atom stereocenters. The highest BCUT2D eigenvalue weighted by molar-refractivity contribution is 6.24. The highest BCUT2D eigenvalue weighted by atomic mass is 16.2. The monoisotopic (exact) mass is 861 g/mol. The maximum Gasteiger partial charge on any atom is 0.263 e. The number of pyridine rings is 2. The van der Waals surface area contributed by atoms with Crippen molar-refractivity contribution >= 4 is 75.2 Å². The van der Waals surface area contributed by atoms with Crippen molar-refractivity contribution in [1.82, 2.24) is 34.6 Å². The fourth-order valence-electron chi connectivity index (χ4n) is 9.64. The number of benzene rings is 2. The highest BCUT2D eigenvalue weighted by Crippen LogP contribution is 2.37. The van der Waals surface area contributed by atoms with Crippen molar-refractivity contribution in [2.75, 3.05) is 36.4 Å². The van der Waals surface area contributed by atoms with Crippen LogP contribution < -0.4 is 21.1 Å². The van der Waals surface area contributed by atoms with E-state index >= 15 is 0 Å². The van der Waals surface area contributed by atoms with E-state index in [0.29, 0.717) is 78.4 Å². The molecule has 2 saturated heterocycles. The van der Waals surface area contributed by atoms with E-state index in [1.807, 2.05) is 18.2 Å². The molecule has 18 nitrogen and oxygen atoms in total. The Labute approximate surface area is 365 Å². The van der Waals surface area contributed by atoms with Crippen molar-refractivity contribution in [2.24, 2.45) is 10.2 Å². The number of aryl methyl sites for hydroxylation is 3. The molecule has 10 rings (SSSR count). The summed E-state index contributed by atoms with van der Waals surface area (Å²) in [7, 11) is 0. The number of carbonyl (C=O) groups excluding carboxylic acids is 6. The van der Waals surface area contributed by atoms with Crippen molar-refractivity contribution in [3.8, 4) is 0 Å². The third-order valence-electron chi connectivity index (χ3n) is 13.1. The SMILES string of the molecule is CC(=O)c1c(C)c2cnc(Nc3ccc(N4CCN(C(=O)c5ccc6c(c5)/N=N\c5cc7c(cc5CC6)C(=O)N(C5CCC(=O)NC5=O)C7=O)CC4)cn3)nc2n(C2CCCC2)c1=O. The van der Waals surface area contributed by atoms with Crippen LogP contribution in [0.25, 0.3) is 11.0 Å². The molecule has 64 heavy (non-hydrogen) atoms. The fourth-order valence-corrected chi connectivity index (χ4v) is 9.64. The third-order valence-corrected chi connectivity index (χ3v) is 13.1. The number of hydrogen-bond donors (Lipinski definition) is 2. The second-order valence-electron chi connectivity index (χ2n) is 16.9. The molecule has 0 radical (unpaired) electrons. The lowest BCUT2D eigenvalue weighted by molar-refractivity contribution is -0.136. The topological polar surface area (TPSA) is 222 Å². The first kappa shape index (κ1) is 40.6. The minimum absolute atomic E-state index is 0.0282. The lowest BCUT2D eigenvalue weighted by Crippen LogP contribution is -2.54. The molecular weight excluding hydrogens is 819 g/mol. The van der Waals surface area contributed by atoms with Gasteiger partial charge in [0.2, 0.25) is 17.8 Å². The maximum absolute atomic E-state index is 13.8. The molecule has 324 valence electrons. The van der Waals surface area contributed by atoms with E-state index in [2.05, 4.69) is 35.7 Å². The van der Waals surface area contributed by atoms with E-state index in [-0.39, 0.29) is 58.8 Å². The summed E-state index contributed by atoms with van der Waals surface area (Å²) in [4.78, 5) is 110. The Morgan fingerprint density at radius 1 is 0.781 bits per heavy atom. The summed E-state index contributed by atoms with van der Waals surface area (Å²) in [5.74, 6) is -1.89. The van der Waals surface area contributed by atoms with Crippen LogP contribution in [0.1, 0.15) is 110 Å². The van der Waals surface area contributed by atoms with E-state index in [1.165, 1.54) is 13.0 Å². The summed E-state index contributed by atoms with van der Waals surface area (Å²) in [5.41, 5.74) is 5.22. The Kier molecular flexibility index (Phi) is 10.1. The van der Waals surface area contributed by atoms with Gasteiger partial charge in [-0.25, -0.2) is 9.97 Å². The number of imide groups is 2. The van der Waals surface area contributed by atoms with Gasteiger partial charge in [-0.15, -0.1) is 0 Å². The van der Waals surface area contributed by atoms with Crippen LogP contribution in [0.2, 0.25) is 0 Å². The van der Waals surface area contributed by atoms with Crippen molar-refractivity contribution in [3.63, 3.8) is 0 Å². The zero-order valence-electron chi connectivity index (χ0n) is 35.2.